The van der Waals surface area contributed by atoms with Gasteiger partial charge in [0.05, 0.1) is 32.5 Å². The third-order valence-electron chi connectivity index (χ3n) is 5.38. The van der Waals surface area contributed by atoms with Crippen LogP contribution in [0, 0.1) is 13.8 Å². The predicted molar refractivity (Wildman–Crippen MR) is 135 cm³/mol. The van der Waals surface area contributed by atoms with Gasteiger partial charge in [0.15, 0.2) is 0 Å². The van der Waals surface area contributed by atoms with E-state index in [9.17, 15) is 25.9 Å². The van der Waals surface area contributed by atoms with Crippen molar-refractivity contribution >= 4 is 59.4 Å². The van der Waals surface area contributed by atoms with Gasteiger partial charge in [-0.3, -0.25) is 0 Å². The van der Waals surface area contributed by atoms with Crippen molar-refractivity contribution in [1.82, 2.24) is 0 Å². The van der Waals surface area contributed by atoms with Gasteiger partial charge in [0.2, 0.25) is 0 Å². The zero-order valence-corrected chi connectivity index (χ0v) is 27.1. The number of anilines is 1. The van der Waals surface area contributed by atoms with Crippen molar-refractivity contribution in [3.05, 3.63) is 77.9 Å². The molecule has 0 amide bonds. The number of rotatable bonds is 6. The molecule has 0 atom stereocenters. The summed E-state index contributed by atoms with van der Waals surface area (Å²) in [7, 11) is -10.1. The van der Waals surface area contributed by atoms with Gasteiger partial charge in [0.1, 0.15) is 20.2 Å². The molecule has 190 valence electrons. The van der Waals surface area contributed by atoms with Gasteiger partial charge in [0.25, 0.3) is 0 Å². The molecule has 11 nitrogen and oxygen atoms in total. The van der Waals surface area contributed by atoms with Crippen LogP contribution in [-0.4, -0.2) is 25.9 Å². The molecule has 0 bridgehead atoms. The Morgan fingerprint density at radius 2 is 1.18 bits per heavy atom. The molecule has 4 aromatic rings. The van der Waals surface area contributed by atoms with Crippen molar-refractivity contribution in [1.29, 1.82) is 0 Å². The maximum Gasteiger partial charge on any atom is 1.00 e. The summed E-state index contributed by atoms with van der Waals surface area (Å²) in [5.74, 6) is 0. The SMILES string of the molecule is Cc1cc(N)ccc1N=Nc1ccc(N=Nc2ccc3cc(S(=O)(=O)[O-])cc(S(=O)(=O)[O-])c3c2)c(C)c1.[Na+].[Na+]. The molecule has 0 saturated carbocycles. The van der Waals surface area contributed by atoms with Gasteiger partial charge in [-0.25, -0.2) is 16.8 Å². The molecule has 39 heavy (non-hydrogen) atoms. The molecule has 0 heterocycles. The van der Waals surface area contributed by atoms with Gasteiger partial charge in [0, 0.05) is 11.1 Å². The monoisotopic (exact) mass is 583 g/mol. The fourth-order valence-electron chi connectivity index (χ4n) is 3.53. The van der Waals surface area contributed by atoms with Crippen LogP contribution in [0.5, 0.6) is 0 Å². The Morgan fingerprint density at radius 3 is 1.72 bits per heavy atom. The van der Waals surface area contributed by atoms with Crippen LogP contribution in [0.3, 0.4) is 0 Å². The first-order chi connectivity index (χ1) is 17.3. The fourth-order valence-corrected chi connectivity index (χ4v) is 4.85. The van der Waals surface area contributed by atoms with E-state index in [1.54, 1.807) is 43.3 Å². The molecule has 0 saturated heterocycles. The number of benzene rings is 4. The Morgan fingerprint density at radius 1 is 0.641 bits per heavy atom. The minimum Gasteiger partial charge on any atom is -0.744 e. The molecule has 0 spiro atoms. The van der Waals surface area contributed by atoms with E-state index in [-0.39, 0.29) is 75.6 Å². The molecule has 0 unspecified atom stereocenters. The summed E-state index contributed by atoms with van der Waals surface area (Å²) in [6.07, 6.45) is 0. The summed E-state index contributed by atoms with van der Waals surface area (Å²) in [6.45, 7) is 3.68. The van der Waals surface area contributed by atoms with E-state index >= 15 is 0 Å². The average Bonchev–Trinajstić information content (AvgIpc) is 2.81. The molecule has 4 rings (SSSR count). The maximum absolute atomic E-state index is 11.7. The first-order valence-corrected chi connectivity index (χ1v) is 13.4. The number of azo groups is 2. The standard InChI is InChI=1S/C24H21N5O6S2.2Na/c1-14-9-17(25)4-7-22(14)28-26-18-6-8-23(15(2)10-18)29-27-19-5-3-16-11-20(36(30,31)32)13-24(21(16)12-19)37(33,34)35;;/h3-13H,25H2,1-2H3,(H,30,31,32)(H,33,34,35);;/q;2*+1/p-2. The zero-order chi connectivity index (χ0) is 27.0. The van der Waals surface area contributed by atoms with Crippen LogP contribution in [0.25, 0.3) is 10.8 Å². The van der Waals surface area contributed by atoms with Crippen LogP contribution in [0.1, 0.15) is 11.1 Å². The Hall–Kier alpha value is -2.04. The van der Waals surface area contributed by atoms with Gasteiger partial charge in [-0.1, -0.05) is 6.07 Å². The molecule has 0 fully saturated rings. The number of fused-ring (bicyclic) bond motifs is 1. The summed E-state index contributed by atoms with van der Waals surface area (Å²) >= 11 is 0. The van der Waals surface area contributed by atoms with E-state index in [1.807, 2.05) is 6.92 Å². The van der Waals surface area contributed by atoms with E-state index < -0.39 is 30.0 Å². The molecule has 2 N–H and O–H groups in total. The van der Waals surface area contributed by atoms with Crippen LogP contribution in [-0.2, 0) is 20.2 Å². The third kappa shape index (κ3) is 8.24. The molecular formula is C24H19N5Na2O6S2. The number of hydrogen-bond donors (Lipinski definition) is 1. The topological polar surface area (TPSA) is 190 Å². The zero-order valence-electron chi connectivity index (χ0n) is 21.5. The van der Waals surface area contributed by atoms with Gasteiger partial charge in [-0.05, 0) is 91.0 Å². The fraction of sp³-hybridized carbons (Fsp3) is 0.0833. The molecule has 15 heteroatoms. The van der Waals surface area contributed by atoms with E-state index in [0.29, 0.717) is 28.8 Å². The van der Waals surface area contributed by atoms with Crippen LogP contribution >= 0.6 is 0 Å². The Balaban J connectivity index is 0.00000267. The van der Waals surface area contributed by atoms with Crippen molar-refractivity contribution in [2.45, 2.75) is 23.6 Å². The molecular weight excluding hydrogens is 564 g/mol. The summed E-state index contributed by atoms with van der Waals surface area (Å²) < 4.78 is 69.4. The van der Waals surface area contributed by atoms with Crippen molar-refractivity contribution in [3.63, 3.8) is 0 Å². The molecule has 4 aromatic carbocycles. The van der Waals surface area contributed by atoms with E-state index in [4.69, 9.17) is 5.73 Å². The molecule has 0 aliphatic heterocycles. The Labute approximate surface area is 269 Å². The Kier molecular flexibility index (Phi) is 11.1. The van der Waals surface area contributed by atoms with Crippen molar-refractivity contribution in [2.24, 2.45) is 20.5 Å². The quantitative estimate of drug-likeness (QED) is 0.139. The van der Waals surface area contributed by atoms with Gasteiger partial charge < -0.3 is 14.8 Å². The largest absolute Gasteiger partial charge is 1.00 e. The first-order valence-electron chi connectivity index (χ1n) is 10.6. The van der Waals surface area contributed by atoms with Crippen molar-refractivity contribution < 1.29 is 85.1 Å². The van der Waals surface area contributed by atoms with Gasteiger partial charge in [-0.15, -0.1) is 0 Å². The first kappa shape index (κ1) is 33.2. The van der Waals surface area contributed by atoms with Crippen molar-refractivity contribution in [2.75, 3.05) is 5.73 Å². The van der Waals surface area contributed by atoms with E-state index in [1.165, 1.54) is 18.2 Å². The summed E-state index contributed by atoms with van der Waals surface area (Å²) in [4.78, 5) is -1.65. The summed E-state index contributed by atoms with van der Waals surface area (Å²) in [5.41, 5.74) is 10.0. The van der Waals surface area contributed by atoms with Crippen molar-refractivity contribution in [3.8, 4) is 0 Å². The molecule has 0 radical (unpaired) electrons. The number of nitrogens with zero attached hydrogens (tertiary/aromatic N) is 4. The average molecular weight is 584 g/mol. The molecule has 0 aliphatic carbocycles. The van der Waals surface area contributed by atoms with Crippen LogP contribution in [0.4, 0.5) is 28.4 Å². The maximum atomic E-state index is 11.7. The Bertz CT molecular complexity index is 1830. The third-order valence-corrected chi connectivity index (χ3v) is 7.07. The van der Waals surface area contributed by atoms with Gasteiger partial charge in [-0.2, -0.15) is 20.5 Å². The predicted octanol–water partition coefficient (Wildman–Crippen LogP) is -0.314. The second kappa shape index (κ2) is 13.1. The minimum absolute atomic E-state index is 0. The second-order valence-corrected chi connectivity index (χ2v) is 10.9. The van der Waals surface area contributed by atoms with Crippen LogP contribution in [0.15, 0.2) is 97.0 Å². The molecule has 0 aromatic heterocycles. The van der Waals surface area contributed by atoms with Crippen LogP contribution < -0.4 is 64.8 Å². The second-order valence-electron chi connectivity index (χ2n) is 8.15. The minimum atomic E-state index is -5.09. The number of nitrogens with two attached hydrogens (primary N) is 1. The van der Waals surface area contributed by atoms with E-state index in [0.717, 1.165) is 17.2 Å². The number of nitrogen functional groups attached to an aromatic ring is 1. The van der Waals surface area contributed by atoms with Gasteiger partial charge >= 0.3 is 59.1 Å². The number of aryl methyl sites for hydroxylation is 2. The smallest absolute Gasteiger partial charge is 0.744 e. The molecule has 0 aliphatic rings. The summed E-state index contributed by atoms with van der Waals surface area (Å²) in [5, 5.41) is 16.8. The van der Waals surface area contributed by atoms with Crippen LogP contribution in [0.2, 0.25) is 0 Å². The number of hydrogen-bond acceptors (Lipinski definition) is 11. The normalized spacial score (nSPS) is 12.0. The van der Waals surface area contributed by atoms with E-state index in [2.05, 4.69) is 20.5 Å². The summed E-state index contributed by atoms with van der Waals surface area (Å²) in [6, 6.07) is 16.1.